The van der Waals surface area contributed by atoms with Gasteiger partial charge in [-0.2, -0.15) is 0 Å². The van der Waals surface area contributed by atoms with Crippen LogP contribution in [0.2, 0.25) is 5.02 Å². The first-order chi connectivity index (χ1) is 12.6. The third kappa shape index (κ3) is 3.06. The summed E-state index contributed by atoms with van der Waals surface area (Å²) in [6.07, 6.45) is 4.72. The molecule has 1 heterocycles. The van der Waals surface area contributed by atoms with Gasteiger partial charge in [-0.05, 0) is 46.9 Å². The molecule has 1 aliphatic carbocycles. The summed E-state index contributed by atoms with van der Waals surface area (Å²) < 4.78 is 0. The summed E-state index contributed by atoms with van der Waals surface area (Å²) >= 11 is 6.15. The summed E-state index contributed by atoms with van der Waals surface area (Å²) in [4.78, 5) is 29.2. The highest BCUT2D eigenvalue weighted by Crippen LogP contribution is 2.33. The van der Waals surface area contributed by atoms with Gasteiger partial charge in [-0.1, -0.05) is 41.9 Å². The summed E-state index contributed by atoms with van der Waals surface area (Å²) in [7, 11) is 0. The molecule has 0 aliphatic heterocycles. The quantitative estimate of drug-likeness (QED) is 0.617. The Morgan fingerprint density at radius 1 is 1.04 bits per heavy atom. The fourth-order valence-corrected chi connectivity index (χ4v) is 3.61. The zero-order valence-corrected chi connectivity index (χ0v) is 14.8. The Bertz CT molecular complexity index is 1030. The molecule has 0 N–H and O–H groups in total. The molecule has 0 spiro atoms. The van der Waals surface area contributed by atoms with E-state index in [0.717, 1.165) is 22.3 Å². The van der Waals surface area contributed by atoms with E-state index in [0.29, 0.717) is 35.4 Å². The van der Waals surface area contributed by atoms with Crippen molar-refractivity contribution >= 4 is 23.2 Å². The van der Waals surface area contributed by atoms with E-state index in [9.17, 15) is 9.59 Å². The smallest absolute Gasteiger partial charge is 0.167 e. The summed E-state index contributed by atoms with van der Waals surface area (Å²) in [5.41, 5.74) is 4.97. The van der Waals surface area contributed by atoms with Crippen LogP contribution in [-0.4, -0.2) is 16.6 Å². The number of fused-ring (bicyclic) bond motifs is 3. The molecule has 0 bridgehead atoms. The molecule has 0 saturated carbocycles. The van der Waals surface area contributed by atoms with Crippen molar-refractivity contribution in [3.63, 3.8) is 0 Å². The lowest BCUT2D eigenvalue weighted by Crippen LogP contribution is -2.14. The second-order valence-electron chi connectivity index (χ2n) is 6.41. The summed E-state index contributed by atoms with van der Waals surface area (Å²) in [6, 6.07) is 14.9. The van der Waals surface area contributed by atoms with E-state index in [4.69, 9.17) is 11.6 Å². The number of hydrogen-bond acceptors (Lipinski definition) is 3. The Balaban J connectivity index is 1.60. The Labute approximate surface area is 156 Å². The monoisotopic (exact) mass is 361 g/mol. The number of hydrogen-bond donors (Lipinski definition) is 0. The predicted octanol–water partition coefficient (Wildman–Crippen LogP) is 4.96. The Kier molecular flexibility index (Phi) is 4.39. The van der Waals surface area contributed by atoms with Crippen LogP contribution in [-0.2, 0) is 12.8 Å². The number of aromatic nitrogens is 1. The number of carbonyl (C=O) groups excluding carboxylic acids is 2. The van der Waals surface area contributed by atoms with Crippen molar-refractivity contribution < 1.29 is 9.59 Å². The normalized spacial score (nSPS) is 12.4. The fourth-order valence-electron chi connectivity index (χ4n) is 3.38. The minimum atomic E-state index is 0.0149. The molecule has 0 fully saturated rings. The van der Waals surface area contributed by atoms with Crippen LogP contribution in [0.4, 0.5) is 0 Å². The zero-order valence-electron chi connectivity index (χ0n) is 14.0. The van der Waals surface area contributed by atoms with Crippen molar-refractivity contribution in [1.29, 1.82) is 0 Å². The van der Waals surface area contributed by atoms with Crippen LogP contribution in [0, 0.1) is 0 Å². The number of benzene rings is 2. The largest absolute Gasteiger partial charge is 0.294 e. The van der Waals surface area contributed by atoms with Gasteiger partial charge >= 0.3 is 0 Å². The number of rotatable bonds is 4. The molecule has 4 rings (SSSR count). The summed E-state index contributed by atoms with van der Waals surface area (Å²) in [5.74, 6) is 0.0438. The molecule has 4 heteroatoms. The van der Waals surface area contributed by atoms with E-state index in [2.05, 4.69) is 4.98 Å². The molecule has 0 unspecified atom stereocenters. The van der Waals surface area contributed by atoms with E-state index in [-0.39, 0.29) is 11.6 Å². The number of pyridine rings is 1. The molecule has 3 nitrogen and oxygen atoms in total. The van der Waals surface area contributed by atoms with Crippen LogP contribution in [0.3, 0.4) is 0 Å². The van der Waals surface area contributed by atoms with Crippen LogP contribution in [0.25, 0.3) is 11.1 Å². The minimum absolute atomic E-state index is 0.0149. The average molecular weight is 362 g/mol. The molecule has 128 valence electrons. The van der Waals surface area contributed by atoms with E-state index in [1.165, 1.54) is 0 Å². The fraction of sp³-hybridized carbons (Fsp3) is 0.136. The molecule has 0 amide bonds. The van der Waals surface area contributed by atoms with E-state index in [1.807, 2.05) is 36.4 Å². The predicted molar refractivity (Wildman–Crippen MR) is 102 cm³/mol. The lowest BCUT2D eigenvalue weighted by atomic mass is 9.84. The highest BCUT2D eigenvalue weighted by molar-refractivity contribution is 6.31. The highest BCUT2D eigenvalue weighted by atomic mass is 35.5. The van der Waals surface area contributed by atoms with Crippen molar-refractivity contribution in [1.82, 2.24) is 4.98 Å². The number of aryl methyl sites for hydroxylation is 1. The molecule has 1 aliphatic rings. The lowest BCUT2D eigenvalue weighted by Gasteiger charge is -2.19. The maximum Gasteiger partial charge on any atom is 0.167 e. The summed E-state index contributed by atoms with van der Waals surface area (Å²) in [6.45, 7) is 0. The van der Waals surface area contributed by atoms with Crippen LogP contribution in [0.1, 0.15) is 38.3 Å². The second kappa shape index (κ2) is 6.85. The molecule has 0 saturated heterocycles. The maximum atomic E-state index is 12.6. The first kappa shape index (κ1) is 16.7. The number of carbonyl (C=O) groups is 2. The molecule has 2 aromatic carbocycles. The third-order valence-corrected chi connectivity index (χ3v) is 5.13. The van der Waals surface area contributed by atoms with Gasteiger partial charge in [0.25, 0.3) is 0 Å². The van der Waals surface area contributed by atoms with Gasteiger partial charge in [0.05, 0.1) is 0 Å². The first-order valence-electron chi connectivity index (χ1n) is 8.50. The molecular weight excluding hydrogens is 346 g/mol. The van der Waals surface area contributed by atoms with Gasteiger partial charge in [-0.3, -0.25) is 14.6 Å². The SMILES string of the molecule is O=C(CCc1ccccc1Cl)c1ccc2c(c1)C(=O)Cc1cnccc1-2. The topological polar surface area (TPSA) is 47.0 Å². The molecule has 1 aromatic heterocycles. The Hall–Kier alpha value is -2.78. The van der Waals surface area contributed by atoms with Crippen molar-refractivity contribution in [2.45, 2.75) is 19.3 Å². The van der Waals surface area contributed by atoms with Crippen molar-refractivity contribution in [3.8, 4) is 11.1 Å². The molecule has 0 atom stereocenters. The number of Topliss-reactive ketones (excluding diaryl/α,β-unsaturated/α-hetero) is 2. The molecule has 3 aromatic rings. The van der Waals surface area contributed by atoms with E-state index in [1.54, 1.807) is 24.5 Å². The van der Waals surface area contributed by atoms with Gasteiger partial charge in [-0.15, -0.1) is 0 Å². The Morgan fingerprint density at radius 3 is 2.73 bits per heavy atom. The minimum Gasteiger partial charge on any atom is -0.294 e. The zero-order chi connectivity index (χ0) is 18.1. The van der Waals surface area contributed by atoms with Crippen LogP contribution < -0.4 is 0 Å². The standard InChI is InChI=1S/C22H16ClNO2/c23-20-4-2-1-3-14(20)6-8-21(25)15-5-7-18-17-9-10-24-13-16(17)12-22(26)19(18)11-15/h1-5,7,9-11,13H,6,8,12H2. The molecular formula is C22H16ClNO2. The second-order valence-corrected chi connectivity index (χ2v) is 6.81. The lowest BCUT2D eigenvalue weighted by molar-refractivity contribution is 0.0983. The molecule has 26 heavy (non-hydrogen) atoms. The third-order valence-electron chi connectivity index (χ3n) is 4.77. The van der Waals surface area contributed by atoms with Gasteiger partial charge in [-0.25, -0.2) is 0 Å². The van der Waals surface area contributed by atoms with Crippen molar-refractivity contribution in [2.75, 3.05) is 0 Å². The summed E-state index contributed by atoms with van der Waals surface area (Å²) in [5, 5.41) is 0.672. The van der Waals surface area contributed by atoms with Crippen molar-refractivity contribution in [3.05, 3.63) is 88.2 Å². The number of ketones is 2. The van der Waals surface area contributed by atoms with Gasteiger partial charge in [0, 0.05) is 41.4 Å². The Morgan fingerprint density at radius 2 is 1.88 bits per heavy atom. The van der Waals surface area contributed by atoms with Crippen LogP contribution in [0.5, 0.6) is 0 Å². The molecule has 0 radical (unpaired) electrons. The van der Waals surface area contributed by atoms with E-state index >= 15 is 0 Å². The van der Waals surface area contributed by atoms with Crippen molar-refractivity contribution in [2.24, 2.45) is 0 Å². The van der Waals surface area contributed by atoms with Crippen LogP contribution >= 0.6 is 11.6 Å². The highest BCUT2D eigenvalue weighted by Gasteiger charge is 2.23. The van der Waals surface area contributed by atoms with Gasteiger partial charge < -0.3 is 0 Å². The number of halogens is 1. The van der Waals surface area contributed by atoms with E-state index < -0.39 is 0 Å². The van der Waals surface area contributed by atoms with Gasteiger partial charge in [0.1, 0.15) is 0 Å². The maximum absolute atomic E-state index is 12.6. The van der Waals surface area contributed by atoms with Gasteiger partial charge in [0.15, 0.2) is 11.6 Å². The van der Waals surface area contributed by atoms with Crippen LogP contribution in [0.15, 0.2) is 60.9 Å². The average Bonchev–Trinajstić information content (AvgIpc) is 2.67. The van der Waals surface area contributed by atoms with Gasteiger partial charge in [0.2, 0.25) is 0 Å². The first-order valence-corrected chi connectivity index (χ1v) is 8.88. The number of nitrogens with zero attached hydrogens (tertiary/aromatic N) is 1.